The molecule has 3 rings (SSSR count). The molecule has 2 heterocycles. The predicted octanol–water partition coefficient (Wildman–Crippen LogP) is 3.06. The molecule has 1 aromatic carbocycles. The van der Waals surface area contributed by atoms with E-state index in [2.05, 4.69) is 19.6 Å². The lowest BCUT2D eigenvalue weighted by atomic mass is 10.3. The second kappa shape index (κ2) is 6.23. The Kier molecular flexibility index (Phi) is 4.26. The molecular weight excluding hydrogens is 350 g/mol. The van der Waals surface area contributed by atoms with E-state index in [0.717, 1.165) is 21.2 Å². The number of benzene rings is 1. The Morgan fingerprint density at radius 2 is 2.00 bits per heavy atom. The van der Waals surface area contributed by atoms with Gasteiger partial charge in [0.05, 0.1) is 11.1 Å². The van der Waals surface area contributed by atoms with Gasteiger partial charge in [-0.25, -0.2) is 17.7 Å². The van der Waals surface area contributed by atoms with Crippen molar-refractivity contribution in [1.82, 2.24) is 13.7 Å². The van der Waals surface area contributed by atoms with Gasteiger partial charge in [0, 0.05) is 20.3 Å². The Balaban J connectivity index is 1.99. The number of hydrogen-bond acceptors (Lipinski definition) is 8. The van der Waals surface area contributed by atoms with E-state index in [1.807, 2.05) is 6.07 Å². The van der Waals surface area contributed by atoms with Crippen molar-refractivity contribution < 1.29 is 13.5 Å². The first-order valence-corrected chi connectivity index (χ1v) is 8.98. The summed E-state index contributed by atoms with van der Waals surface area (Å²) in [6.07, 6.45) is 1.64. The monoisotopic (exact) mass is 363 g/mol. The van der Waals surface area contributed by atoms with Crippen molar-refractivity contribution in [2.24, 2.45) is 10.2 Å². The van der Waals surface area contributed by atoms with Crippen LogP contribution in [0.15, 0.2) is 51.7 Å². The van der Waals surface area contributed by atoms with E-state index in [9.17, 15) is 13.5 Å². The topological polar surface area (TPSA) is 108 Å². The second-order valence-corrected chi connectivity index (χ2v) is 7.87. The van der Waals surface area contributed by atoms with E-state index in [4.69, 9.17) is 0 Å². The quantitative estimate of drug-likeness (QED) is 0.717. The number of nitrogens with zero attached hydrogens (tertiary/aromatic N) is 5. The molecule has 0 atom stereocenters. The molecule has 0 saturated carbocycles. The van der Waals surface area contributed by atoms with Crippen molar-refractivity contribution >= 4 is 43.3 Å². The molecule has 2 aromatic heterocycles. The van der Waals surface area contributed by atoms with Crippen LogP contribution in [0.3, 0.4) is 0 Å². The number of hydrogen-bond donors (Lipinski definition) is 1. The fraction of sp³-hybridized carbons (Fsp3) is 0.143. The highest BCUT2D eigenvalue weighted by Crippen LogP contribution is 2.33. The number of aromatic nitrogens is 2. The van der Waals surface area contributed by atoms with Gasteiger partial charge in [-0.3, -0.25) is 0 Å². The van der Waals surface area contributed by atoms with Gasteiger partial charge >= 0.3 is 0 Å². The third-order valence-electron chi connectivity index (χ3n) is 3.19. The third-order valence-corrected chi connectivity index (χ3v) is 5.78. The zero-order valence-corrected chi connectivity index (χ0v) is 14.4. The SMILES string of the molecule is CN(C)S(=O)(=O)c1cc(N=Nc2snc3ncccc23)ccc1O. The number of phenols is 1. The van der Waals surface area contributed by atoms with Gasteiger partial charge in [-0.05, 0) is 41.9 Å². The Morgan fingerprint density at radius 1 is 1.21 bits per heavy atom. The maximum absolute atomic E-state index is 12.2. The van der Waals surface area contributed by atoms with Crippen molar-refractivity contribution in [3.05, 3.63) is 36.5 Å². The highest BCUT2D eigenvalue weighted by atomic mass is 32.2. The Hall–Kier alpha value is -2.43. The maximum atomic E-state index is 12.2. The van der Waals surface area contributed by atoms with Gasteiger partial charge < -0.3 is 5.11 Å². The average molecular weight is 363 g/mol. The third kappa shape index (κ3) is 2.98. The molecule has 0 aliphatic rings. The van der Waals surface area contributed by atoms with E-state index in [-0.39, 0.29) is 10.6 Å². The van der Waals surface area contributed by atoms with Crippen LogP contribution in [0.4, 0.5) is 10.7 Å². The lowest BCUT2D eigenvalue weighted by Crippen LogP contribution is -2.22. The van der Waals surface area contributed by atoms with Crippen LogP contribution >= 0.6 is 11.5 Å². The van der Waals surface area contributed by atoms with Gasteiger partial charge in [0.2, 0.25) is 10.0 Å². The fourth-order valence-corrected chi connectivity index (χ4v) is 3.56. The number of aromatic hydroxyl groups is 1. The second-order valence-electron chi connectivity index (χ2n) is 5.00. The summed E-state index contributed by atoms with van der Waals surface area (Å²) in [6.45, 7) is 0. The van der Waals surface area contributed by atoms with Gasteiger partial charge in [-0.2, -0.15) is 4.37 Å². The van der Waals surface area contributed by atoms with Crippen LogP contribution in [0.25, 0.3) is 11.0 Å². The average Bonchev–Trinajstić information content (AvgIpc) is 2.97. The van der Waals surface area contributed by atoms with Crippen molar-refractivity contribution in [2.75, 3.05) is 14.1 Å². The lowest BCUT2D eigenvalue weighted by molar-refractivity contribution is 0.452. The minimum atomic E-state index is -3.77. The van der Waals surface area contributed by atoms with Crippen molar-refractivity contribution in [2.45, 2.75) is 4.90 Å². The highest BCUT2D eigenvalue weighted by molar-refractivity contribution is 7.89. The summed E-state index contributed by atoms with van der Waals surface area (Å²) in [5.41, 5.74) is 0.886. The molecule has 124 valence electrons. The van der Waals surface area contributed by atoms with Crippen molar-refractivity contribution in [1.29, 1.82) is 0 Å². The highest BCUT2D eigenvalue weighted by Gasteiger charge is 2.21. The van der Waals surface area contributed by atoms with E-state index < -0.39 is 10.0 Å². The first-order valence-electron chi connectivity index (χ1n) is 6.77. The molecule has 0 spiro atoms. The summed E-state index contributed by atoms with van der Waals surface area (Å²) in [5.74, 6) is -0.338. The molecule has 0 aliphatic heterocycles. The molecule has 8 nitrogen and oxygen atoms in total. The zero-order valence-electron chi connectivity index (χ0n) is 12.8. The number of sulfonamides is 1. The summed E-state index contributed by atoms with van der Waals surface area (Å²) in [6, 6.07) is 7.64. The summed E-state index contributed by atoms with van der Waals surface area (Å²) >= 11 is 1.15. The molecule has 0 aliphatic carbocycles. The summed E-state index contributed by atoms with van der Waals surface area (Å²) in [5, 5.41) is 19.3. The van der Waals surface area contributed by atoms with Crippen molar-refractivity contribution in [3.63, 3.8) is 0 Å². The largest absolute Gasteiger partial charge is 0.507 e. The van der Waals surface area contributed by atoms with E-state index in [1.165, 1.54) is 32.3 Å². The lowest BCUT2D eigenvalue weighted by Gasteiger charge is -2.12. The molecule has 0 amide bonds. The summed E-state index contributed by atoms with van der Waals surface area (Å²) < 4.78 is 29.6. The molecule has 0 fully saturated rings. The predicted molar refractivity (Wildman–Crippen MR) is 90.6 cm³/mol. The molecular formula is C14H13N5O3S2. The Labute approximate surface area is 142 Å². The zero-order chi connectivity index (χ0) is 17.3. The normalized spacial score (nSPS) is 12.5. The van der Waals surface area contributed by atoms with Gasteiger partial charge in [0.25, 0.3) is 0 Å². The number of phenolic OH excluding ortho intramolecular Hbond substituents is 1. The van der Waals surface area contributed by atoms with Gasteiger partial charge in [-0.1, -0.05) is 0 Å². The van der Waals surface area contributed by atoms with E-state index in [0.29, 0.717) is 16.3 Å². The van der Waals surface area contributed by atoms with Gasteiger partial charge in [0.1, 0.15) is 10.6 Å². The van der Waals surface area contributed by atoms with Crippen LogP contribution in [-0.2, 0) is 10.0 Å². The first-order chi connectivity index (χ1) is 11.4. The molecule has 0 saturated heterocycles. The number of rotatable bonds is 4. The van der Waals surface area contributed by atoms with Crippen LogP contribution in [0.1, 0.15) is 0 Å². The van der Waals surface area contributed by atoms with Gasteiger partial charge in [0.15, 0.2) is 10.6 Å². The fourth-order valence-electron chi connectivity index (χ4n) is 1.92. The van der Waals surface area contributed by atoms with E-state index in [1.54, 1.807) is 12.3 Å². The molecule has 0 radical (unpaired) electrons. The van der Waals surface area contributed by atoms with E-state index >= 15 is 0 Å². The maximum Gasteiger partial charge on any atom is 0.246 e. The first kappa shape index (κ1) is 16.4. The van der Waals surface area contributed by atoms with Crippen LogP contribution in [0, 0.1) is 0 Å². The minimum absolute atomic E-state index is 0.222. The molecule has 24 heavy (non-hydrogen) atoms. The minimum Gasteiger partial charge on any atom is -0.507 e. The smallest absolute Gasteiger partial charge is 0.246 e. The van der Waals surface area contributed by atoms with Crippen LogP contribution in [0.5, 0.6) is 5.75 Å². The molecule has 3 aromatic rings. The van der Waals surface area contributed by atoms with Crippen LogP contribution in [0.2, 0.25) is 0 Å². The van der Waals surface area contributed by atoms with Crippen LogP contribution in [-0.4, -0.2) is 41.3 Å². The van der Waals surface area contributed by atoms with Gasteiger partial charge in [-0.15, -0.1) is 10.2 Å². The summed E-state index contributed by atoms with van der Waals surface area (Å²) in [4.78, 5) is 3.89. The molecule has 0 bridgehead atoms. The van der Waals surface area contributed by atoms with Crippen molar-refractivity contribution in [3.8, 4) is 5.75 Å². The molecule has 0 unspecified atom stereocenters. The standard InChI is InChI=1S/C14H13N5O3S2/c1-19(2)24(21,22)12-8-9(5-6-11(12)20)16-17-14-10-4-3-7-15-13(10)18-23-14/h3-8,20H,1-2H3. The number of pyridine rings is 1. The summed E-state index contributed by atoms with van der Waals surface area (Å²) in [7, 11) is -0.998. The number of fused-ring (bicyclic) bond motifs is 1. The molecule has 10 heteroatoms. The molecule has 1 N–H and O–H groups in total. The Bertz CT molecular complexity index is 1030. The van der Waals surface area contributed by atoms with Crippen LogP contribution < -0.4 is 0 Å². The Morgan fingerprint density at radius 3 is 2.75 bits per heavy atom. The number of azo groups is 1.